The van der Waals surface area contributed by atoms with E-state index in [-0.39, 0.29) is 5.92 Å². The molecule has 1 unspecified atom stereocenters. The Bertz CT molecular complexity index is 523. The minimum atomic E-state index is -0.413. The molecule has 0 saturated carbocycles. The maximum Gasteiger partial charge on any atom is 0.246 e. The fraction of sp³-hybridized carbons (Fsp3) is 0.385. The molecule has 1 atom stereocenters. The minimum Gasteiger partial charge on any atom is -0.478 e. The summed E-state index contributed by atoms with van der Waals surface area (Å²) in [5, 5.41) is 3.18. The fourth-order valence-electron chi connectivity index (χ4n) is 2.37. The Balaban J connectivity index is 2.54. The van der Waals surface area contributed by atoms with Crippen LogP contribution in [-0.4, -0.2) is 17.5 Å². The van der Waals surface area contributed by atoms with E-state index in [0.29, 0.717) is 18.1 Å². The van der Waals surface area contributed by atoms with E-state index in [1.807, 2.05) is 26.8 Å². The molecular formula is C13H17N3O2. The zero-order valence-corrected chi connectivity index (χ0v) is 10.8. The van der Waals surface area contributed by atoms with Crippen LogP contribution in [0.4, 0.5) is 5.69 Å². The van der Waals surface area contributed by atoms with Crippen molar-refractivity contribution in [1.29, 1.82) is 0 Å². The van der Waals surface area contributed by atoms with E-state index in [4.69, 9.17) is 10.5 Å². The van der Waals surface area contributed by atoms with Crippen molar-refractivity contribution >= 4 is 11.6 Å². The Labute approximate surface area is 106 Å². The highest BCUT2D eigenvalue weighted by Crippen LogP contribution is 2.41. The monoisotopic (exact) mass is 247 g/mol. The molecule has 0 aliphatic carbocycles. The van der Waals surface area contributed by atoms with Crippen molar-refractivity contribution in [3.63, 3.8) is 0 Å². The van der Waals surface area contributed by atoms with E-state index < -0.39 is 5.91 Å². The second-order valence-corrected chi connectivity index (χ2v) is 4.26. The number of pyridine rings is 1. The van der Waals surface area contributed by atoms with Crippen molar-refractivity contribution in [2.24, 2.45) is 5.73 Å². The standard InChI is InChI=1S/C13H17N3O2/c1-4-18-13-11-7(2)10(12(14)17)8(3)16-9(11)5-6-15-13/h5-7,16H,4H2,1-3H3,(H2,14,17). The highest BCUT2D eigenvalue weighted by atomic mass is 16.5. The van der Waals surface area contributed by atoms with Crippen LogP contribution in [0.5, 0.6) is 5.88 Å². The first-order valence-electron chi connectivity index (χ1n) is 5.95. The topological polar surface area (TPSA) is 77.2 Å². The van der Waals surface area contributed by atoms with Gasteiger partial charge in [-0.2, -0.15) is 0 Å². The quantitative estimate of drug-likeness (QED) is 0.853. The molecule has 0 aromatic carbocycles. The Morgan fingerprint density at radius 3 is 2.94 bits per heavy atom. The van der Waals surface area contributed by atoms with E-state index in [0.717, 1.165) is 16.9 Å². The number of anilines is 1. The van der Waals surface area contributed by atoms with Crippen molar-refractivity contribution in [2.75, 3.05) is 11.9 Å². The molecule has 0 spiro atoms. The third-order valence-electron chi connectivity index (χ3n) is 3.09. The zero-order valence-electron chi connectivity index (χ0n) is 10.8. The summed E-state index contributed by atoms with van der Waals surface area (Å²) in [5.41, 5.74) is 8.61. The maximum atomic E-state index is 11.5. The predicted octanol–water partition coefficient (Wildman–Crippen LogP) is 1.77. The Morgan fingerprint density at radius 1 is 1.61 bits per heavy atom. The van der Waals surface area contributed by atoms with Crippen LogP contribution in [0.25, 0.3) is 0 Å². The molecule has 2 heterocycles. The average molecular weight is 247 g/mol. The van der Waals surface area contributed by atoms with Crippen LogP contribution in [0.3, 0.4) is 0 Å². The second kappa shape index (κ2) is 4.68. The van der Waals surface area contributed by atoms with Gasteiger partial charge < -0.3 is 15.8 Å². The lowest BCUT2D eigenvalue weighted by Crippen LogP contribution is -2.26. The van der Waals surface area contributed by atoms with Gasteiger partial charge in [-0.3, -0.25) is 4.79 Å². The summed E-state index contributed by atoms with van der Waals surface area (Å²) in [6.07, 6.45) is 1.69. The molecule has 5 nitrogen and oxygen atoms in total. The van der Waals surface area contributed by atoms with Crippen molar-refractivity contribution in [3.8, 4) is 5.88 Å². The van der Waals surface area contributed by atoms with Gasteiger partial charge in [0.2, 0.25) is 11.8 Å². The normalized spacial score (nSPS) is 18.1. The van der Waals surface area contributed by atoms with Gasteiger partial charge >= 0.3 is 0 Å². The number of carbonyl (C=O) groups is 1. The van der Waals surface area contributed by atoms with Gasteiger partial charge in [0.1, 0.15) is 0 Å². The second-order valence-electron chi connectivity index (χ2n) is 4.26. The lowest BCUT2D eigenvalue weighted by Gasteiger charge is -2.27. The summed E-state index contributed by atoms with van der Waals surface area (Å²) in [5.74, 6) is 0.0275. The van der Waals surface area contributed by atoms with Crippen LogP contribution in [0.15, 0.2) is 23.5 Å². The highest BCUT2D eigenvalue weighted by Gasteiger charge is 2.29. The number of hydrogen-bond acceptors (Lipinski definition) is 4. The third-order valence-corrected chi connectivity index (χ3v) is 3.09. The highest BCUT2D eigenvalue weighted by molar-refractivity contribution is 5.96. The Morgan fingerprint density at radius 2 is 2.33 bits per heavy atom. The summed E-state index contributed by atoms with van der Waals surface area (Å²) in [6.45, 7) is 6.22. The lowest BCUT2D eigenvalue weighted by atomic mass is 9.87. The van der Waals surface area contributed by atoms with Crippen LogP contribution in [-0.2, 0) is 4.79 Å². The summed E-state index contributed by atoms with van der Waals surface area (Å²) in [6, 6.07) is 1.87. The SMILES string of the molecule is CCOc1nccc2c1C(C)C(C(N)=O)=C(C)N2. The summed E-state index contributed by atoms with van der Waals surface area (Å²) < 4.78 is 5.51. The van der Waals surface area contributed by atoms with Crippen molar-refractivity contribution in [3.05, 3.63) is 29.1 Å². The summed E-state index contributed by atoms with van der Waals surface area (Å²) in [4.78, 5) is 15.7. The molecule has 0 fully saturated rings. The van der Waals surface area contributed by atoms with Gasteiger partial charge in [0, 0.05) is 34.6 Å². The number of amides is 1. The number of ether oxygens (including phenoxy) is 1. The molecule has 3 N–H and O–H groups in total. The van der Waals surface area contributed by atoms with E-state index in [1.54, 1.807) is 6.20 Å². The molecule has 1 aliphatic heterocycles. The zero-order chi connectivity index (χ0) is 13.3. The van der Waals surface area contributed by atoms with Gasteiger partial charge in [-0.15, -0.1) is 0 Å². The summed E-state index contributed by atoms with van der Waals surface area (Å²) in [7, 11) is 0. The van der Waals surface area contributed by atoms with Crippen LogP contribution in [0.2, 0.25) is 0 Å². The van der Waals surface area contributed by atoms with E-state index in [2.05, 4.69) is 10.3 Å². The van der Waals surface area contributed by atoms with Crippen LogP contribution in [0, 0.1) is 0 Å². The lowest BCUT2D eigenvalue weighted by molar-refractivity contribution is -0.114. The van der Waals surface area contributed by atoms with Crippen molar-refractivity contribution in [1.82, 2.24) is 4.98 Å². The Kier molecular flexibility index (Phi) is 3.23. The molecule has 2 rings (SSSR count). The predicted molar refractivity (Wildman–Crippen MR) is 69.3 cm³/mol. The van der Waals surface area contributed by atoms with Gasteiger partial charge in [0.15, 0.2) is 0 Å². The molecule has 18 heavy (non-hydrogen) atoms. The first-order chi connectivity index (χ1) is 8.56. The van der Waals surface area contributed by atoms with Gasteiger partial charge in [-0.05, 0) is 19.9 Å². The van der Waals surface area contributed by atoms with Gasteiger partial charge in [0.25, 0.3) is 0 Å². The number of fused-ring (bicyclic) bond motifs is 1. The molecule has 0 radical (unpaired) electrons. The van der Waals surface area contributed by atoms with E-state index in [1.165, 1.54) is 0 Å². The molecule has 1 amide bonds. The number of nitrogens with one attached hydrogen (secondary N) is 1. The van der Waals surface area contributed by atoms with Crippen LogP contribution in [0.1, 0.15) is 32.3 Å². The molecule has 5 heteroatoms. The first-order valence-corrected chi connectivity index (χ1v) is 5.95. The Hall–Kier alpha value is -2.04. The molecule has 96 valence electrons. The number of carbonyl (C=O) groups excluding carboxylic acids is 1. The number of rotatable bonds is 3. The molecule has 1 aromatic rings. The number of nitrogens with zero attached hydrogens (tertiary/aromatic N) is 1. The fourth-order valence-corrected chi connectivity index (χ4v) is 2.37. The number of allylic oxidation sites excluding steroid dienone is 1. The molecular weight excluding hydrogens is 230 g/mol. The van der Waals surface area contributed by atoms with Gasteiger partial charge in [0.05, 0.1) is 6.61 Å². The van der Waals surface area contributed by atoms with Crippen LogP contribution >= 0.6 is 0 Å². The number of hydrogen-bond donors (Lipinski definition) is 2. The summed E-state index contributed by atoms with van der Waals surface area (Å²) >= 11 is 0. The third kappa shape index (κ3) is 1.92. The van der Waals surface area contributed by atoms with E-state index in [9.17, 15) is 4.79 Å². The number of primary amides is 1. The largest absolute Gasteiger partial charge is 0.478 e. The molecule has 0 saturated heterocycles. The van der Waals surface area contributed by atoms with Crippen LogP contribution < -0.4 is 15.8 Å². The number of nitrogens with two attached hydrogens (primary N) is 1. The average Bonchev–Trinajstić information content (AvgIpc) is 2.28. The molecule has 0 bridgehead atoms. The van der Waals surface area contributed by atoms with Gasteiger partial charge in [-0.1, -0.05) is 6.92 Å². The van der Waals surface area contributed by atoms with Crippen molar-refractivity contribution in [2.45, 2.75) is 26.7 Å². The molecule has 1 aromatic heterocycles. The van der Waals surface area contributed by atoms with Gasteiger partial charge in [-0.25, -0.2) is 4.98 Å². The first kappa shape index (κ1) is 12.4. The number of aromatic nitrogens is 1. The smallest absolute Gasteiger partial charge is 0.246 e. The van der Waals surface area contributed by atoms with E-state index >= 15 is 0 Å². The maximum absolute atomic E-state index is 11.5. The van der Waals surface area contributed by atoms with Crippen molar-refractivity contribution < 1.29 is 9.53 Å². The molecule has 1 aliphatic rings. The minimum absolute atomic E-state index is 0.117.